The van der Waals surface area contributed by atoms with Crippen LogP contribution in [0.3, 0.4) is 0 Å². The van der Waals surface area contributed by atoms with Crippen molar-refractivity contribution in [2.75, 3.05) is 13.1 Å². The van der Waals surface area contributed by atoms with Gasteiger partial charge in [-0.1, -0.05) is 17.3 Å². The number of ether oxygens (including phenoxy) is 1. The summed E-state index contributed by atoms with van der Waals surface area (Å²) >= 11 is 0. The first kappa shape index (κ1) is 16.5. The molecule has 0 bridgehead atoms. The molecule has 0 radical (unpaired) electrons. The number of nitrogens with zero attached hydrogens (tertiary/aromatic N) is 3. The summed E-state index contributed by atoms with van der Waals surface area (Å²) in [6.45, 7) is 3.34. The third kappa shape index (κ3) is 4.29. The zero-order valence-corrected chi connectivity index (χ0v) is 12.9. The number of hydrogen-bond donors (Lipinski definition) is 1. The normalized spacial score (nSPS) is 10.3. The Labute approximate surface area is 132 Å². The Morgan fingerprint density at radius 2 is 2.09 bits per heavy atom. The van der Waals surface area contributed by atoms with Crippen molar-refractivity contribution < 1.29 is 24.0 Å². The Morgan fingerprint density at radius 1 is 1.35 bits per heavy atom. The Balaban J connectivity index is 2.15. The van der Waals surface area contributed by atoms with E-state index < -0.39 is 11.9 Å². The van der Waals surface area contributed by atoms with Crippen LogP contribution in [-0.2, 0) is 11.4 Å². The Hall–Kier alpha value is -2.90. The molecule has 0 fully saturated rings. The van der Waals surface area contributed by atoms with Gasteiger partial charge in [0.15, 0.2) is 6.61 Å². The minimum Gasteiger partial charge on any atom is -0.485 e. The highest BCUT2D eigenvalue weighted by atomic mass is 16.5. The minimum atomic E-state index is -1.07. The molecule has 0 saturated heterocycles. The highest BCUT2D eigenvalue weighted by Crippen LogP contribution is 2.21. The van der Waals surface area contributed by atoms with Crippen molar-refractivity contribution in [3.8, 4) is 5.75 Å². The van der Waals surface area contributed by atoms with E-state index in [0.29, 0.717) is 17.5 Å². The van der Waals surface area contributed by atoms with Crippen LogP contribution in [0.15, 0.2) is 28.8 Å². The summed E-state index contributed by atoms with van der Waals surface area (Å²) in [4.78, 5) is 28.6. The number of benzene rings is 1. The molecule has 0 aliphatic heterocycles. The number of likely N-dealkylation sites (N-methyl/N-ethyl adjacent to an activating group) is 1. The predicted octanol–water partition coefficient (Wildman–Crippen LogP) is 1.50. The number of carboxylic acids is 1. The molecule has 0 aliphatic rings. The predicted molar refractivity (Wildman–Crippen MR) is 79.0 cm³/mol. The Kier molecular flexibility index (Phi) is 5.29. The molecule has 23 heavy (non-hydrogen) atoms. The first-order valence-corrected chi connectivity index (χ1v) is 7.03. The van der Waals surface area contributed by atoms with Crippen LogP contribution in [0.2, 0.25) is 0 Å². The van der Waals surface area contributed by atoms with Crippen LogP contribution in [0.1, 0.15) is 29.0 Å². The fourth-order valence-corrected chi connectivity index (χ4v) is 1.97. The van der Waals surface area contributed by atoms with E-state index in [9.17, 15) is 9.59 Å². The van der Waals surface area contributed by atoms with E-state index in [0.717, 1.165) is 0 Å². The van der Waals surface area contributed by atoms with Crippen molar-refractivity contribution in [1.82, 2.24) is 15.0 Å². The van der Waals surface area contributed by atoms with Gasteiger partial charge in [-0.3, -0.25) is 9.59 Å². The van der Waals surface area contributed by atoms with Gasteiger partial charge in [0.2, 0.25) is 11.7 Å². The molecule has 0 atom stereocenters. The maximum Gasteiger partial charge on any atom is 0.323 e. The van der Waals surface area contributed by atoms with Gasteiger partial charge in [0.05, 0.1) is 5.56 Å². The van der Waals surface area contributed by atoms with Crippen LogP contribution < -0.4 is 4.74 Å². The van der Waals surface area contributed by atoms with Crippen molar-refractivity contribution in [3.05, 3.63) is 41.5 Å². The van der Waals surface area contributed by atoms with Crippen molar-refractivity contribution in [1.29, 1.82) is 0 Å². The van der Waals surface area contributed by atoms with Crippen LogP contribution in [-0.4, -0.2) is 45.1 Å². The molecule has 1 aromatic heterocycles. The summed E-state index contributed by atoms with van der Waals surface area (Å²) in [5.74, 6) is -0.353. The Morgan fingerprint density at radius 3 is 2.70 bits per heavy atom. The quantitative estimate of drug-likeness (QED) is 0.824. The van der Waals surface area contributed by atoms with Crippen LogP contribution in [0.4, 0.5) is 0 Å². The largest absolute Gasteiger partial charge is 0.485 e. The highest BCUT2D eigenvalue weighted by molar-refractivity contribution is 5.98. The number of hydrogen-bond acceptors (Lipinski definition) is 6. The molecule has 0 spiro atoms. The van der Waals surface area contributed by atoms with Crippen LogP contribution in [0.5, 0.6) is 5.75 Å². The standard InChI is InChI=1S/C15H17N3O5/c1-3-18(8-14(19)20)15(21)11-6-4-5-7-12(11)22-9-13-16-10(2)23-17-13/h4-7H,3,8-9H2,1-2H3,(H,19,20). The number of para-hydroxylation sites is 1. The second-order valence-corrected chi connectivity index (χ2v) is 4.73. The molecule has 1 aromatic carbocycles. The average Bonchev–Trinajstić information content (AvgIpc) is 2.95. The number of rotatable bonds is 7. The van der Waals surface area contributed by atoms with Crippen molar-refractivity contribution in [2.24, 2.45) is 0 Å². The molecule has 1 heterocycles. The first-order valence-electron chi connectivity index (χ1n) is 7.03. The molecule has 2 rings (SSSR count). The summed E-state index contributed by atoms with van der Waals surface area (Å²) in [6.07, 6.45) is 0. The van der Waals surface area contributed by atoms with E-state index in [1.165, 1.54) is 4.90 Å². The highest BCUT2D eigenvalue weighted by Gasteiger charge is 2.20. The molecule has 122 valence electrons. The van der Waals surface area contributed by atoms with Crippen molar-refractivity contribution >= 4 is 11.9 Å². The lowest BCUT2D eigenvalue weighted by Gasteiger charge is -2.20. The van der Waals surface area contributed by atoms with Gasteiger partial charge in [0.25, 0.3) is 5.91 Å². The second-order valence-electron chi connectivity index (χ2n) is 4.73. The van der Waals surface area contributed by atoms with Gasteiger partial charge < -0.3 is 19.3 Å². The maximum atomic E-state index is 12.5. The molecule has 0 saturated carbocycles. The number of aryl methyl sites for hydroxylation is 1. The van der Waals surface area contributed by atoms with Crippen molar-refractivity contribution in [3.63, 3.8) is 0 Å². The lowest BCUT2D eigenvalue weighted by molar-refractivity contribution is -0.137. The van der Waals surface area contributed by atoms with Crippen LogP contribution in [0.25, 0.3) is 0 Å². The van der Waals surface area contributed by atoms with Crippen LogP contribution in [0, 0.1) is 6.92 Å². The van der Waals surface area contributed by atoms with Crippen molar-refractivity contribution in [2.45, 2.75) is 20.5 Å². The molecular weight excluding hydrogens is 302 g/mol. The molecule has 1 N–H and O–H groups in total. The topological polar surface area (TPSA) is 106 Å². The molecular formula is C15H17N3O5. The summed E-state index contributed by atoms with van der Waals surface area (Å²) in [7, 11) is 0. The smallest absolute Gasteiger partial charge is 0.323 e. The SMILES string of the molecule is CCN(CC(=O)O)C(=O)c1ccccc1OCc1noc(C)n1. The number of aliphatic carboxylic acids is 1. The average molecular weight is 319 g/mol. The molecule has 8 nitrogen and oxygen atoms in total. The van der Waals surface area contributed by atoms with E-state index in [4.69, 9.17) is 14.4 Å². The third-order valence-corrected chi connectivity index (χ3v) is 3.04. The molecule has 1 amide bonds. The Bertz CT molecular complexity index is 698. The monoisotopic (exact) mass is 319 g/mol. The molecule has 0 unspecified atom stereocenters. The van der Waals surface area contributed by atoms with Gasteiger partial charge in [0, 0.05) is 13.5 Å². The summed E-state index contributed by atoms with van der Waals surface area (Å²) in [5, 5.41) is 12.6. The summed E-state index contributed by atoms with van der Waals surface area (Å²) in [6, 6.07) is 6.63. The van der Waals surface area contributed by atoms with Gasteiger partial charge >= 0.3 is 5.97 Å². The van der Waals surface area contributed by atoms with E-state index in [-0.39, 0.29) is 25.3 Å². The summed E-state index contributed by atoms with van der Waals surface area (Å²) < 4.78 is 10.4. The van der Waals surface area contributed by atoms with Gasteiger partial charge in [-0.15, -0.1) is 0 Å². The maximum absolute atomic E-state index is 12.5. The van der Waals surface area contributed by atoms with Crippen LogP contribution >= 0.6 is 0 Å². The van der Waals surface area contributed by atoms with E-state index in [1.54, 1.807) is 38.1 Å². The second kappa shape index (κ2) is 7.39. The van der Waals surface area contributed by atoms with Gasteiger partial charge in [-0.25, -0.2) is 0 Å². The van der Waals surface area contributed by atoms with E-state index >= 15 is 0 Å². The summed E-state index contributed by atoms with van der Waals surface area (Å²) in [5.41, 5.74) is 0.288. The number of carbonyl (C=O) groups excluding carboxylic acids is 1. The molecule has 2 aromatic rings. The number of amides is 1. The fraction of sp³-hybridized carbons (Fsp3) is 0.333. The van der Waals surface area contributed by atoms with E-state index in [2.05, 4.69) is 10.1 Å². The molecule has 8 heteroatoms. The number of carboxylic acid groups (broad SMARTS) is 1. The van der Waals surface area contributed by atoms with Gasteiger partial charge in [-0.05, 0) is 19.1 Å². The number of aromatic nitrogens is 2. The lowest BCUT2D eigenvalue weighted by Crippen LogP contribution is -2.35. The zero-order valence-electron chi connectivity index (χ0n) is 12.9. The lowest BCUT2D eigenvalue weighted by atomic mass is 10.1. The molecule has 0 aliphatic carbocycles. The first-order chi connectivity index (χ1) is 11.0. The zero-order chi connectivity index (χ0) is 16.8. The van der Waals surface area contributed by atoms with E-state index in [1.807, 2.05) is 0 Å². The number of carbonyl (C=O) groups is 2. The minimum absolute atomic E-state index is 0.0483. The van der Waals surface area contributed by atoms with Gasteiger partial charge in [0.1, 0.15) is 12.3 Å². The van der Waals surface area contributed by atoms with Gasteiger partial charge in [-0.2, -0.15) is 4.98 Å². The third-order valence-electron chi connectivity index (χ3n) is 3.04. The fourth-order valence-electron chi connectivity index (χ4n) is 1.97.